The molecule has 0 amide bonds. The molecule has 3 rings (SSSR count). The Morgan fingerprint density at radius 2 is 2.11 bits per heavy atom. The van der Waals surface area contributed by atoms with Crippen LogP contribution in [-0.4, -0.2) is 31.3 Å². The van der Waals surface area contributed by atoms with Gasteiger partial charge in [-0.25, -0.2) is 4.98 Å². The van der Waals surface area contributed by atoms with Crippen molar-refractivity contribution in [1.82, 2.24) is 4.98 Å². The van der Waals surface area contributed by atoms with Crippen molar-refractivity contribution in [3.05, 3.63) is 34.9 Å². The molecule has 0 unspecified atom stereocenters. The highest BCUT2D eigenvalue weighted by molar-refractivity contribution is 6.35. The lowest BCUT2D eigenvalue weighted by Gasteiger charge is -2.28. The number of hydrogen-bond donors (Lipinski definition) is 0. The van der Waals surface area contributed by atoms with E-state index in [1.165, 1.54) is 0 Å². The number of nitriles is 1. The fourth-order valence-electron chi connectivity index (χ4n) is 2.25. The van der Waals surface area contributed by atoms with Gasteiger partial charge in [0.25, 0.3) is 0 Å². The van der Waals surface area contributed by atoms with Crippen molar-refractivity contribution in [2.24, 2.45) is 0 Å². The number of anilines is 1. The minimum Gasteiger partial charge on any atom is -0.378 e. The molecule has 1 fully saturated rings. The summed E-state index contributed by atoms with van der Waals surface area (Å²) < 4.78 is 5.33. The molecule has 0 atom stereocenters. The molecular formula is C14H12ClN3O. The molecule has 1 aromatic carbocycles. The van der Waals surface area contributed by atoms with Crippen LogP contribution in [0.5, 0.6) is 0 Å². The number of pyridine rings is 1. The molecule has 1 saturated heterocycles. The largest absolute Gasteiger partial charge is 0.378 e. The van der Waals surface area contributed by atoms with Crippen molar-refractivity contribution in [3.8, 4) is 6.07 Å². The fraction of sp³-hybridized carbons (Fsp3) is 0.286. The summed E-state index contributed by atoms with van der Waals surface area (Å²) in [4.78, 5) is 6.68. The zero-order valence-corrected chi connectivity index (χ0v) is 11.0. The van der Waals surface area contributed by atoms with E-state index in [-0.39, 0.29) is 0 Å². The zero-order valence-electron chi connectivity index (χ0n) is 10.3. The highest BCUT2D eigenvalue weighted by Crippen LogP contribution is 2.28. The van der Waals surface area contributed by atoms with Gasteiger partial charge in [0.1, 0.15) is 11.9 Å². The average molecular weight is 274 g/mol. The Morgan fingerprint density at radius 3 is 2.84 bits per heavy atom. The van der Waals surface area contributed by atoms with Crippen LogP contribution in [0.2, 0.25) is 5.02 Å². The number of benzene rings is 1. The molecule has 96 valence electrons. The molecule has 5 heteroatoms. The van der Waals surface area contributed by atoms with E-state index in [0.29, 0.717) is 23.8 Å². The Kier molecular flexibility index (Phi) is 3.24. The third-order valence-corrected chi connectivity index (χ3v) is 3.55. The number of hydrogen-bond acceptors (Lipinski definition) is 4. The first kappa shape index (κ1) is 12.2. The van der Waals surface area contributed by atoms with Gasteiger partial charge < -0.3 is 9.64 Å². The van der Waals surface area contributed by atoms with E-state index in [1.807, 2.05) is 18.2 Å². The predicted octanol–water partition coefficient (Wildman–Crippen LogP) is 2.60. The molecule has 4 nitrogen and oxygen atoms in total. The lowest BCUT2D eigenvalue weighted by atomic mass is 10.1. The molecule has 2 heterocycles. The third kappa shape index (κ3) is 2.23. The van der Waals surface area contributed by atoms with Crippen LogP contribution in [0, 0.1) is 11.3 Å². The number of ether oxygens (including phenoxy) is 1. The minimum absolute atomic E-state index is 0.558. The first-order valence-electron chi connectivity index (χ1n) is 6.11. The molecule has 0 N–H and O–H groups in total. The number of morpholine rings is 1. The maximum atomic E-state index is 9.31. The van der Waals surface area contributed by atoms with Crippen molar-refractivity contribution >= 4 is 28.3 Å². The van der Waals surface area contributed by atoms with Crippen molar-refractivity contribution < 1.29 is 4.74 Å². The SMILES string of the molecule is N#Cc1cc2c(Cl)cccc2nc1N1CCOCC1. The van der Waals surface area contributed by atoms with Crippen LogP contribution < -0.4 is 4.90 Å². The normalized spacial score (nSPS) is 15.5. The number of nitrogens with zero attached hydrogens (tertiary/aromatic N) is 3. The summed E-state index contributed by atoms with van der Waals surface area (Å²) in [5.74, 6) is 0.723. The molecule has 2 aromatic rings. The number of aromatic nitrogens is 1. The minimum atomic E-state index is 0.558. The monoisotopic (exact) mass is 273 g/mol. The molecular weight excluding hydrogens is 262 g/mol. The van der Waals surface area contributed by atoms with E-state index in [9.17, 15) is 5.26 Å². The van der Waals surface area contributed by atoms with E-state index in [1.54, 1.807) is 6.07 Å². The molecule has 0 bridgehead atoms. The van der Waals surface area contributed by atoms with Crippen molar-refractivity contribution in [2.75, 3.05) is 31.2 Å². The van der Waals surface area contributed by atoms with E-state index in [0.717, 1.165) is 29.8 Å². The fourth-order valence-corrected chi connectivity index (χ4v) is 2.47. The van der Waals surface area contributed by atoms with Gasteiger partial charge in [-0.1, -0.05) is 17.7 Å². The second kappa shape index (κ2) is 5.04. The second-order valence-corrected chi connectivity index (χ2v) is 4.78. The molecule has 1 aliphatic heterocycles. The Hall–Kier alpha value is -1.83. The molecule has 0 aliphatic carbocycles. The van der Waals surface area contributed by atoms with Gasteiger partial charge in [-0.2, -0.15) is 5.26 Å². The summed E-state index contributed by atoms with van der Waals surface area (Å²) >= 11 is 6.14. The summed E-state index contributed by atoms with van der Waals surface area (Å²) in [6, 6.07) is 9.61. The van der Waals surface area contributed by atoms with E-state index >= 15 is 0 Å². The summed E-state index contributed by atoms with van der Waals surface area (Å²) in [6.45, 7) is 2.85. The summed E-state index contributed by atoms with van der Waals surface area (Å²) in [5.41, 5.74) is 1.37. The van der Waals surface area contributed by atoms with Gasteiger partial charge in [-0.15, -0.1) is 0 Å². The maximum Gasteiger partial charge on any atom is 0.147 e. The lowest BCUT2D eigenvalue weighted by molar-refractivity contribution is 0.122. The smallest absolute Gasteiger partial charge is 0.147 e. The molecule has 0 saturated carbocycles. The van der Waals surface area contributed by atoms with Crippen molar-refractivity contribution in [1.29, 1.82) is 5.26 Å². The van der Waals surface area contributed by atoms with Gasteiger partial charge in [0.15, 0.2) is 0 Å². The highest BCUT2D eigenvalue weighted by Gasteiger charge is 2.17. The topological polar surface area (TPSA) is 49.2 Å². The average Bonchev–Trinajstić information content (AvgIpc) is 2.47. The molecule has 1 aromatic heterocycles. The Labute approximate surface area is 116 Å². The standard InChI is InChI=1S/C14H12ClN3O/c15-12-2-1-3-13-11(12)8-10(9-16)14(17-13)18-4-6-19-7-5-18/h1-3,8H,4-7H2. The Bertz CT molecular complexity index is 660. The van der Waals surface area contributed by atoms with Gasteiger partial charge in [-0.05, 0) is 18.2 Å². The molecule has 0 radical (unpaired) electrons. The van der Waals surface area contributed by atoms with Crippen LogP contribution >= 0.6 is 11.6 Å². The van der Waals surface area contributed by atoms with E-state index < -0.39 is 0 Å². The van der Waals surface area contributed by atoms with Gasteiger partial charge in [0.05, 0.1) is 29.3 Å². The number of halogens is 1. The summed E-state index contributed by atoms with van der Waals surface area (Å²) in [7, 11) is 0. The van der Waals surface area contributed by atoms with Crippen molar-refractivity contribution in [3.63, 3.8) is 0 Å². The van der Waals surface area contributed by atoms with Gasteiger partial charge in [0, 0.05) is 18.5 Å². The van der Waals surface area contributed by atoms with Gasteiger partial charge in [0.2, 0.25) is 0 Å². The van der Waals surface area contributed by atoms with Crippen LogP contribution in [0.15, 0.2) is 24.3 Å². The maximum absolute atomic E-state index is 9.31. The number of fused-ring (bicyclic) bond motifs is 1. The first-order valence-corrected chi connectivity index (χ1v) is 6.49. The lowest BCUT2D eigenvalue weighted by Crippen LogP contribution is -2.37. The van der Waals surface area contributed by atoms with Gasteiger partial charge >= 0.3 is 0 Å². The van der Waals surface area contributed by atoms with Crippen LogP contribution in [-0.2, 0) is 4.74 Å². The van der Waals surface area contributed by atoms with Crippen LogP contribution in [0.1, 0.15) is 5.56 Å². The van der Waals surface area contributed by atoms with Crippen LogP contribution in [0.25, 0.3) is 10.9 Å². The molecule has 19 heavy (non-hydrogen) atoms. The van der Waals surface area contributed by atoms with Gasteiger partial charge in [-0.3, -0.25) is 0 Å². The Balaban J connectivity index is 2.15. The first-order chi connectivity index (χ1) is 9.29. The van der Waals surface area contributed by atoms with Crippen LogP contribution in [0.4, 0.5) is 5.82 Å². The third-order valence-electron chi connectivity index (χ3n) is 3.22. The van der Waals surface area contributed by atoms with Crippen molar-refractivity contribution in [2.45, 2.75) is 0 Å². The highest BCUT2D eigenvalue weighted by atomic mass is 35.5. The molecule has 0 spiro atoms. The Morgan fingerprint density at radius 1 is 1.32 bits per heavy atom. The quantitative estimate of drug-likeness (QED) is 0.801. The molecule has 1 aliphatic rings. The number of rotatable bonds is 1. The summed E-state index contributed by atoms with van der Waals surface area (Å²) in [6.07, 6.45) is 0. The van der Waals surface area contributed by atoms with E-state index in [4.69, 9.17) is 16.3 Å². The zero-order chi connectivity index (χ0) is 13.2. The summed E-state index contributed by atoms with van der Waals surface area (Å²) in [5, 5.41) is 10.7. The van der Waals surface area contributed by atoms with E-state index in [2.05, 4.69) is 16.0 Å². The predicted molar refractivity (Wildman–Crippen MR) is 74.5 cm³/mol. The van der Waals surface area contributed by atoms with Crippen LogP contribution in [0.3, 0.4) is 0 Å². The second-order valence-electron chi connectivity index (χ2n) is 4.38.